The smallest absolute Gasteiger partial charge is 0.475 e. The number of nitrogens with zero attached hydrogens (tertiary/aromatic N) is 4. The van der Waals surface area contributed by atoms with Gasteiger partial charge in [-0.3, -0.25) is 19.2 Å². The third-order valence-corrected chi connectivity index (χ3v) is 5.57. The predicted molar refractivity (Wildman–Crippen MR) is 101 cm³/mol. The first-order valence-electron chi connectivity index (χ1n) is 10.3. The lowest BCUT2D eigenvalue weighted by Gasteiger charge is -2.37. The van der Waals surface area contributed by atoms with Crippen molar-refractivity contribution in [3.05, 3.63) is 18.0 Å². The lowest BCUT2D eigenvalue weighted by molar-refractivity contribution is -0.213. The van der Waals surface area contributed by atoms with Gasteiger partial charge in [-0.15, -0.1) is 0 Å². The molecule has 174 valence electrons. The summed E-state index contributed by atoms with van der Waals surface area (Å²) in [4.78, 5) is 29.4. The third-order valence-electron chi connectivity index (χ3n) is 5.57. The van der Waals surface area contributed by atoms with Crippen molar-refractivity contribution < 1.29 is 37.4 Å². The molecule has 0 spiro atoms. The van der Waals surface area contributed by atoms with Crippen LogP contribution >= 0.6 is 0 Å². The summed E-state index contributed by atoms with van der Waals surface area (Å²) in [5.74, 6) is -2.74. The van der Waals surface area contributed by atoms with E-state index in [4.69, 9.17) is 19.5 Å². The van der Waals surface area contributed by atoms with Crippen molar-refractivity contribution in [1.29, 1.82) is 0 Å². The summed E-state index contributed by atoms with van der Waals surface area (Å²) in [6.45, 7) is 3.26. The van der Waals surface area contributed by atoms with Gasteiger partial charge in [0.15, 0.2) is 0 Å². The second kappa shape index (κ2) is 9.96. The van der Waals surface area contributed by atoms with Crippen LogP contribution in [-0.2, 0) is 32.8 Å². The second-order valence-electron chi connectivity index (χ2n) is 7.87. The number of carbonyl (C=O) groups excluding carboxylic acids is 1. The molecular weight excluding hydrogens is 421 g/mol. The summed E-state index contributed by atoms with van der Waals surface area (Å²) in [5, 5.41) is 12.9. The minimum Gasteiger partial charge on any atom is -0.475 e. The Morgan fingerprint density at radius 1 is 1.23 bits per heavy atom. The quantitative estimate of drug-likeness (QED) is 0.752. The number of carboxylic acid groups (broad SMARTS) is 1. The van der Waals surface area contributed by atoms with E-state index < -0.39 is 12.1 Å². The zero-order valence-corrected chi connectivity index (χ0v) is 17.3. The molecule has 0 radical (unpaired) electrons. The Bertz CT molecular complexity index is 766. The Kier molecular flexibility index (Phi) is 7.55. The molecule has 3 saturated heterocycles. The Morgan fingerprint density at radius 3 is 2.55 bits per heavy atom. The highest BCUT2D eigenvalue weighted by Gasteiger charge is 2.43. The van der Waals surface area contributed by atoms with E-state index in [0.717, 1.165) is 45.2 Å². The SMILES string of the molecule is Cn1cc(CN2CC[C@H]3O[C@H](C(=O)N4CCCCO4)CC[C@H]32)cn1.O=C(O)C(F)(F)F. The van der Waals surface area contributed by atoms with Crippen molar-refractivity contribution in [2.45, 2.75) is 63.1 Å². The number of likely N-dealkylation sites (tertiary alicyclic amines) is 1. The minimum atomic E-state index is -5.08. The maximum atomic E-state index is 12.6. The van der Waals surface area contributed by atoms with E-state index in [1.54, 1.807) is 0 Å². The van der Waals surface area contributed by atoms with Crippen LogP contribution in [-0.4, -0.2) is 80.8 Å². The number of aryl methyl sites for hydroxylation is 1. The van der Waals surface area contributed by atoms with Crippen LogP contribution in [0.5, 0.6) is 0 Å². The molecule has 1 aromatic rings. The van der Waals surface area contributed by atoms with Crippen molar-refractivity contribution in [1.82, 2.24) is 19.7 Å². The van der Waals surface area contributed by atoms with Crippen LogP contribution < -0.4 is 0 Å². The summed E-state index contributed by atoms with van der Waals surface area (Å²) >= 11 is 0. The fraction of sp³-hybridized carbons (Fsp3) is 0.737. The average molecular weight is 448 g/mol. The number of carboxylic acids is 1. The summed E-state index contributed by atoms with van der Waals surface area (Å²) in [7, 11) is 1.94. The zero-order valence-electron chi connectivity index (χ0n) is 17.3. The molecule has 4 rings (SSSR count). The van der Waals surface area contributed by atoms with E-state index in [9.17, 15) is 18.0 Å². The van der Waals surface area contributed by atoms with Crippen LogP contribution in [0.1, 0.15) is 37.7 Å². The zero-order chi connectivity index (χ0) is 22.6. The molecule has 9 nitrogen and oxygen atoms in total. The van der Waals surface area contributed by atoms with Gasteiger partial charge in [-0.2, -0.15) is 18.3 Å². The number of rotatable bonds is 3. The van der Waals surface area contributed by atoms with Gasteiger partial charge in [0.05, 0.1) is 18.9 Å². The number of halogens is 3. The average Bonchev–Trinajstić information content (AvgIpc) is 3.33. The highest BCUT2D eigenvalue weighted by molar-refractivity contribution is 5.80. The number of aliphatic carboxylic acids is 1. The first kappa shape index (κ1) is 23.5. The molecule has 1 N–H and O–H groups in total. The predicted octanol–water partition coefficient (Wildman–Crippen LogP) is 1.73. The molecule has 4 heterocycles. The Morgan fingerprint density at radius 2 is 1.97 bits per heavy atom. The largest absolute Gasteiger partial charge is 0.490 e. The van der Waals surface area contributed by atoms with Crippen molar-refractivity contribution >= 4 is 11.9 Å². The van der Waals surface area contributed by atoms with Gasteiger partial charge in [-0.25, -0.2) is 9.86 Å². The van der Waals surface area contributed by atoms with Gasteiger partial charge in [0, 0.05) is 44.5 Å². The van der Waals surface area contributed by atoms with Crippen molar-refractivity contribution in [3.63, 3.8) is 0 Å². The number of aromatic nitrogens is 2. The number of carbonyl (C=O) groups is 2. The highest BCUT2D eigenvalue weighted by Crippen LogP contribution is 2.33. The topological polar surface area (TPSA) is 97.1 Å². The lowest BCUT2D eigenvalue weighted by Crippen LogP contribution is -2.49. The number of hydroxylamine groups is 2. The summed E-state index contributed by atoms with van der Waals surface area (Å²) < 4.78 is 39.7. The number of alkyl halides is 3. The number of ether oxygens (including phenoxy) is 1. The van der Waals surface area contributed by atoms with Crippen LogP contribution in [0.2, 0.25) is 0 Å². The fourth-order valence-electron chi connectivity index (χ4n) is 4.11. The first-order valence-corrected chi connectivity index (χ1v) is 10.3. The van der Waals surface area contributed by atoms with E-state index in [1.807, 2.05) is 17.9 Å². The van der Waals surface area contributed by atoms with Crippen LogP contribution in [0.15, 0.2) is 12.4 Å². The Hall–Kier alpha value is -2.18. The summed E-state index contributed by atoms with van der Waals surface area (Å²) in [5.41, 5.74) is 1.23. The summed E-state index contributed by atoms with van der Waals surface area (Å²) in [6, 6.07) is 0.413. The third kappa shape index (κ3) is 6.17. The van der Waals surface area contributed by atoms with Crippen LogP contribution in [0, 0.1) is 0 Å². The second-order valence-corrected chi connectivity index (χ2v) is 7.87. The molecule has 0 aliphatic carbocycles. The van der Waals surface area contributed by atoms with E-state index in [-0.39, 0.29) is 18.1 Å². The molecule has 0 saturated carbocycles. The van der Waals surface area contributed by atoms with Gasteiger partial charge in [0.1, 0.15) is 6.10 Å². The van der Waals surface area contributed by atoms with Gasteiger partial charge >= 0.3 is 12.1 Å². The Labute approximate surface area is 177 Å². The number of fused-ring (bicyclic) bond motifs is 1. The van der Waals surface area contributed by atoms with Crippen molar-refractivity contribution in [3.8, 4) is 0 Å². The van der Waals surface area contributed by atoms with Gasteiger partial charge in [0.25, 0.3) is 5.91 Å². The maximum absolute atomic E-state index is 12.6. The molecule has 3 fully saturated rings. The maximum Gasteiger partial charge on any atom is 0.490 e. The molecular formula is C19H27F3N4O5. The highest BCUT2D eigenvalue weighted by atomic mass is 19.4. The molecule has 3 atom stereocenters. The number of hydrogen-bond acceptors (Lipinski definition) is 6. The number of amides is 1. The lowest BCUT2D eigenvalue weighted by atomic mass is 9.98. The van der Waals surface area contributed by atoms with Crippen LogP contribution in [0.4, 0.5) is 13.2 Å². The monoisotopic (exact) mass is 448 g/mol. The van der Waals surface area contributed by atoms with Gasteiger partial charge < -0.3 is 9.84 Å². The normalized spacial score (nSPS) is 26.7. The molecule has 1 aromatic heterocycles. The molecule has 0 aromatic carbocycles. The minimum absolute atomic E-state index is 0.0128. The first-order chi connectivity index (χ1) is 14.6. The van der Waals surface area contributed by atoms with E-state index in [0.29, 0.717) is 19.2 Å². The van der Waals surface area contributed by atoms with E-state index in [2.05, 4.69) is 16.2 Å². The van der Waals surface area contributed by atoms with Crippen molar-refractivity contribution in [2.75, 3.05) is 19.7 Å². The molecule has 12 heteroatoms. The molecule has 0 bridgehead atoms. The van der Waals surface area contributed by atoms with E-state index >= 15 is 0 Å². The number of hydrogen-bond donors (Lipinski definition) is 1. The van der Waals surface area contributed by atoms with Gasteiger partial charge in [-0.05, 0) is 32.1 Å². The molecule has 1 amide bonds. The molecule has 0 unspecified atom stereocenters. The fourth-order valence-corrected chi connectivity index (χ4v) is 4.11. The van der Waals surface area contributed by atoms with E-state index in [1.165, 1.54) is 10.6 Å². The Balaban J connectivity index is 0.000000339. The van der Waals surface area contributed by atoms with Crippen LogP contribution in [0.25, 0.3) is 0 Å². The molecule has 3 aliphatic heterocycles. The van der Waals surface area contributed by atoms with Gasteiger partial charge in [-0.1, -0.05) is 0 Å². The molecule has 3 aliphatic rings. The van der Waals surface area contributed by atoms with Crippen LogP contribution in [0.3, 0.4) is 0 Å². The van der Waals surface area contributed by atoms with Crippen molar-refractivity contribution in [2.24, 2.45) is 7.05 Å². The molecule has 31 heavy (non-hydrogen) atoms. The van der Waals surface area contributed by atoms with Gasteiger partial charge in [0.2, 0.25) is 0 Å². The summed E-state index contributed by atoms with van der Waals surface area (Å²) in [6.07, 6.45) is 3.58. The standard InChI is InChI=1S/C17H26N4O3.C2HF3O2/c1-19-11-13(10-18-19)12-20-8-6-15-14(20)4-5-16(24-15)17(22)21-7-2-3-9-23-21;3-2(4,5)1(6)7/h10-11,14-16H,2-9,12H2,1H3;(H,6,7)/t14-,15-,16+;/m1./s1.